The van der Waals surface area contributed by atoms with Crippen molar-refractivity contribution in [2.45, 2.75) is 19.4 Å². The topological polar surface area (TPSA) is 66.6 Å². The average molecular weight is 308 g/mol. The van der Waals surface area contributed by atoms with Crippen molar-refractivity contribution in [3.8, 4) is 0 Å². The van der Waals surface area contributed by atoms with Crippen molar-refractivity contribution in [3.63, 3.8) is 0 Å². The van der Waals surface area contributed by atoms with E-state index in [2.05, 4.69) is 0 Å². The number of halogens is 1. The van der Waals surface area contributed by atoms with E-state index in [1.807, 2.05) is 0 Å². The Morgan fingerprint density at radius 2 is 2.24 bits per heavy atom. The molecule has 7 heteroatoms. The molecule has 1 atom stereocenters. The molecule has 3 rings (SSSR count). The summed E-state index contributed by atoms with van der Waals surface area (Å²) in [5.41, 5.74) is 1.59. The van der Waals surface area contributed by atoms with E-state index in [1.54, 1.807) is 17.9 Å². The molecule has 110 valence electrons. The fraction of sp³-hybridized carbons (Fsp3) is 0.286. The first kappa shape index (κ1) is 14.0. The monoisotopic (exact) mass is 308 g/mol. The highest BCUT2D eigenvalue weighted by Crippen LogP contribution is 2.46. The first-order valence-corrected chi connectivity index (χ1v) is 7.31. The molecule has 1 aliphatic heterocycles. The zero-order valence-electron chi connectivity index (χ0n) is 11.2. The van der Waals surface area contributed by atoms with E-state index in [0.29, 0.717) is 28.5 Å². The molecular weight excluding hydrogens is 295 g/mol. The molecule has 0 bridgehead atoms. The molecule has 1 N–H and O–H groups in total. The average Bonchev–Trinajstić information content (AvgIpc) is 3.01. The van der Waals surface area contributed by atoms with E-state index in [1.165, 1.54) is 29.5 Å². The van der Waals surface area contributed by atoms with Crippen LogP contribution in [0.3, 0.4) is 0 Å². The van der Waals surface area contributed by atoms with Gasteiger partial charge in [0.1, 0.15) is 5.82 Å². The number of rotatable bonds is 3. The Morgan fingerprint density at radius 3 is 2.90 bits per heavy atom. The highest BCUT2D eigenvalue weighted by molar-refractivity contribution is 7.16. The molecule has 0 saturated heterocycles. The highest BCUT2D eigenvalue weighted by Gasteiger charge is 2.30. The molecule has 1 aromatic carbocycles. The number of benzene rings is 1. The third kappa shape index (κ3) is 2.38. The number of aliphatic hydroxyl groups is 1. The maximum atomic E-state index is 13.4. The van der Waals surface area contributed by atoms with Crippen LogP contribution in [-0.4, -0.2) is 16.6 Å². The van der Waals surface area contributed by atoms with Gasteiger partial charge in [-0.1, -0.05) is 6.07 Å². The van der Waals surface area contributed by atoms with E-state index in [-0.39, 0.29) is 11.5 Å². The zero-order chi connectivity index (χ0) is 15.1. The normalized spacial score (nSPS) is 15.1. The van der Waals surface area contributed by atoms with Crippen molar-refractivity contribution in [1.82, 2.24) is 0 Å². The molecule has 0 fully saturated rings. The largest absolute Gasteiger partial charge is 0.388 e. The predicted octanol–water partition coefficient (Wildman–Crippen LogP) is 3.54. The maximum Gasteiger partial charge on any atom is 0.304 e. The van der Waals surface area contributed by atoms with Crippen molar-refractivity contribution in [2.24, 2.45) is 0 Å². The minimum Gasteiger partial charge on any atom is -0.388 e. The van der Waals surface area contributed by atoms with Crippen LogP contribution in [0, 0.1) is 15.9 Å². The molecule has 1 aliphatic rings. The van der Waals surface area contributed by atoms with E-state index >= 15 is 0 Å². The quantitative estimate of drug-likeness (QED) is 0.695. The van der Waals surface area contributed by atoms with Gasteiger partial charge in [-0.3, -0.25) is 10.1 Å². The molecular formula is C14H13FN2O3S. The summed E-state index contributed by atoms with van der Waals surface area (Å²) in [6.45, 7) is 2.14. The summed E-state index contributed by atoms with van der Waals surface area (Å²) in [4.78, 5) is 13.0. The molecule has 2 heterocycles. The second-order valence-corrected chi connectivity index (χ2v) is 6.01. The van der Waals surface area contributed by atoms with Crippen molar-refractivity contribution in [1.29, 1.82) is 0 Å². The fourth-order valence-corrected chi connectivity index (χ4v) is 3.59. The fourth-order valence-electron chi connectivity index (χ4n) is 2.48. The van der Waals surface area contributed by atoms with Crippen LogP contribution in [0.2, 0.25) is 0 Å². The van der Waals surface area contributed by atoms with Crippen LogP contribution >= 0.6 is 11.3 Å². The van der Waals surface area contributed by atoms with Gasteiger partial charge in [0.25, 0.3) is 0 Å². The van der Waals surface area contributed by atoms with Crippen LogP contribution in [0.5, 0.6) is 0 Å². The molecule has 1 aromatic heterocycles. The number of aliphatic hydroxyl groups excluding tert-OH is 1. The Hall–Kier alpha value is -1.99. The Bertz CT molecular complexity index is 714. The lowest BCUT2D eigenvalue weighted by molar-refractivity contribution is -0.383. The van der Waals surface area contributed by atoms with Crippen LogP contribution < -0.4 is 4.90 Å². The Morgan fingerprint density at radius 1 is 1.48 bits per heavy atom. The summed E-state index contributed by atoms with van der Waals surface area (Å²) in [5.74, 6) is -0.365. The number of thiophene rings is 1. The lowest BCUT2D eigenvalue weighted by atomic mass is 10.2. The Kier molecular flexibility index (Phi) is 3.38. The third-order valence-electron chi connectivity index (χ3n) is 3.51. The standard InChI is InChI=1S/C14H13FN2O3S/c1-8(18)13-7-12(17(19)20)14(21-13)16-5-4-9-2-3-10(15)6-11(9)16/h2-3,6-8,18H,4-5H2,1H3. The summed E-state index contributed by atoms with van der Waals surface area (Å²) >= 11 is 1.17. The van der Waals surface area contributed by atoms with Crippen molar-refractivity contribution >= 4 is 27.7 Å². The molecule has 1 unspecified atom stereocenters. The molecule has 0 saturated carbocycles. The smallest absolute Gasteiger partial charge is 0.304 e. The minimum absolute atomic E-state index is 0.0481. The van der Waals surface area contributed by atoms with Gasteiger partial charge in [-0.05, 0) is 31.0 Å². The summed E-state index contributed by atoms with van der Waals surface area (Å²) in [6.07, 6.45) is -0.0497. The van der Waals surface area contributed by atoms with Gasteiger partial charge in [-0.15, -0.1) is 11.3 Å². The third-order valence-corrected chi connectivity index (χ3v) is 4.83. The zero-order valence-corrected chi connectivity index (χ0v) is 12.1. The SMILES string of the molecule is CC(O)c1cc([N+](=O)[O-])c(N2CCc3ccc(F)cc32)s1. The molecule has 0 radical (unpaired) electrons. The molecule has 0 amide bonds. The number of hydrogen-bond acceptors (Lipinski definition) is 5. The molecule has 5 nitrogen and oxygen atoms in total. The molecule has 21 heavy (non-hydrogen) atoms. The van der Waals surface area contributed by atoms with Crippen LogP contribution in [0.4, 0.5) is 20.8 Å². The molecule has 0 spiro atoms. The van der Waals surface area contributed by atoms with Gasteiger partial charge in [0.05, 0.1) is 11.0 Å². The number of nitro groups is 1. The van der Waals surface area contributed by atoms with Gasteiger partial charge in [-0.2, -0.15) is 0 Å². The van der Waals surface area contributed by atoms with Gasteiger partial charge in [0.2, 0.25) is 0 Å². The van der Waals surface area contributed by atoms with Gasteiger partial charge in [0, 0.05) is 23.2 Å². The Balaban J connectivity index is 2.10. The predicted molar refractivity (Wildman–Crippen MR) is 78.7 cm³/mol. The van der Waals surface area contributed by atoms with Crippen LogP contribution in [0.15, 0.2) is 24.3 Å². The van der Waals surface area contributed by atoms with Gasteiger partial charge in [0.15, 0.2) is 5.00 Å². The van der Waals surface area contributed by atoms with E-state index in [0.717, 1.165) is 5.56 Å². The maximum absolute atomic E-state index is 13.4. The van der Waals surface area contributed by atoms with Crippen molar-refractivity contribution in [2.75, 3.05) is 11.4 Å². The number of hydrogen-bond donors (Lipinski definition) is 1. The Labute approximate surface area is 124 Å². The number of anilines is 2. The van der Waals surface area contributed by atoms with E-state index < -0.39 is 11.0 Å². The van der Waals surface area contributed by atoms with Crippen LogP contribution in [0.25, 0.3) is 0 Å². The first-order chi connectivity index (χ1) is 9.97. The van der Waals surface area contributed by atoms with Crippen molar-refractivity contribution in [3.05, 3.63) is 50.6 Å². The number of nitrogens with zero attached hydrogens (tertiary/aromatic N) is 2. The van der Waals surface area contributed by atoms with E-state index in [9.17, 15) is 19.6 Å². The first-order valence-electron chi connectivity index (χ1n) is 6.49. The van der Waals surface area contributed by atoms with Crippen molar-refractivity contribution < 1.29 is 14.4 Å². The highest BCUT2D eigenvalue weighted by atomic mass is 32.1. The summed E-state index contributed by atoms with van der Waals surface area (Å²) in [5, 5.41) is 21.3. The second kappa shape index (κ2) is 5.09. The van der Waals surface area contributed by atoms with Gasteiger partial charge in [-0.25, -0.2) is 4.39 Å². The summed E-state index contributed by atoms with van der Waals surface area (Å²) < 4.78 is 13.4. The van der Waals surface area contributed by atoms with Crippen LogP contribution in [-0.2, 0) is 6.42 Å². The van der Waals surface area contributed by atoms with E-state index in [4.69, 9.17) is 0 Å². The number of fused-ring (bicyclic) bond motifs is 1. The second-order valence-electron chi connectivity index (χ2n) is 4.95. The summed E-state index contributed by atoms with van der Waals surface area (Å²) in [7, 11) is 0. The van der Waals surface area contributed by atoms with Crippen LogP contribution in [0.1, 0.15) is 23.5 Å². The molecule has 0 aliphatic carbocycles. The summed E-state index contributed by atoms with van der Waals surface area (Å²) in [6, 6.07) is 5.89. The van der Waals surface area contributed by atoms with Gasteiger partial charge < -0.3 is 10.0 Å². The minimum atomic E-state index is -0.767. The van der Waals surface area contributed by atoms with Gasteiger partial charge >= 0.3 is 5.69 Å². The lowest BCUT2D eigenvalue weighted by Gasteiger charge is -2.16. The molecule has 2 aromatic rings. The lowest BCUT2D eigenvalue weighted by Crippen LogP contribution is -2.13.